The van der Waals surface area contributed by atoms with Gasteiger partial charge in [0.25, 0.3) is 5.91 Å². The number of halogens is 1. The van der Waals surface area contributed by atoms with Gasteiger partial charge in [0.15, 0.2) is 5.76 Å². The fourth-order valence-corrected chi connectivity index (χ4v) is 3.75. The average Bonchev–Trinajstić information content (AvgIpc) is 3.27. The van der Waals surface area contributed by atoms with Gasteiger partial charge in [0.2, 0.25) is 0 Å². The SMILES string of the molecule is Cc1ccc(-c2cc(C(=O)N3C[C@@H](C)O[C@H](C)C3)n(-c3ccccc3Cl)n2)o1. The normalized spacial score (nSPS) is 19.8. The van der Waals surface area contributed by atoms with Crippen molar-refractivity contribution < 1.29 is 13.9 Å². The maximum Gasteiger partial charge on any atom is 0.272 e. The largest absolute Gasteiger partial charge is 0.460 e. The van der Waals surface area contributed by atoms with Crippen LogP contribution in [-0.2, 0) is 4.74 Å². The van der Waals surface area contributed by atoms with Crippen molar-refractivity contribution in [1.29, 1.82) is 0 Å². The molecule has 0 unspecified atom stereocenters. The van der Waals surface area contributed by atoms with Crippen LogP contribution in [-0.4, -0.2) is 45.9 Å². The third-order valence-electron chi connectivity index (χ3n) is 4.71. The number of hydrogen-bond acceptors (Lipinski definition) is 4. The highest BCUT2D eigenvalue weighted by atomic mass is 35.5. The van der Waals surface area contributed by atoms with Gasteiger partial charge < -0.3 is 14.1 Å². The molecule has 1 saturated heterocycles. The minimum atomic E-state index is -0.107. The molecule has 7 heteroatoms. The monoisotopic (exact) mass is 399 g/mol. The number of carbonyl (C=O) groups excluding carboxylic acids is 1. The summed E-state index contributed by atoms with van der Waals surface area (Å²) in [6.07, 6.45) is -0.0341. The minimum absolute atomic E-state index is 0.0171. The number of aromatic nitrogens is 2. The number of hydrogen-bond donors (Lipinski definition) is 0. The van der Waals surface area contributed by atoms with Gasteiger partial charge in [0.1, 0.15) is 17.1 Å². The van der Waals surface area contributed by atoms with Gasteiger partial charge in [0.05, 0.1) is 22.9 Å². The van der Waals surface area contributed by atoms with Gasteiger partial charge >= 0.3 is 0 Å². The molecular formula is C21H22ClN3O3. The van der Waals surface area contributed by atoms with E-state index < -0.39 is 0 Å². The van der Waals surface area contributed by atoms with Crippen LogP contribution >= 0.6 is 11.6 Å². The van der Waals surface area contributed by atoms with Gasteiger partial charge in [-0.25, -0.2) is 4.68 Å². The Kier molecular flexibility index (Phi) is 5.00. The Bertz CT molecular complexity index is 1000. The summed E-state index contributed by atoms with van der Waals surface area (Å²) in [7, 11) is 0. The van der Waals surface area contributed by atoms with Crippen LogP contribution in [0.5, 0.6) is 0 Å². The number of morpholine rings is 1. The molecule has 146 valence electrons. The molecule has 0 spiro atoms. The van der Waals surface area contributed by atoms with Crippen LogP contribution in [0.25, 0.3) is 17.1 Å². The number of aryl methyl sites for hydroxylation is 1. The van der Waals surface area contributed by atoms with E-state index in [1.165, 1.54) is 0 Å². The van der Waals surface area contributed by atoms with Gasteiger partial charge in [-0.15, -0.1) is 0 Å². The summed E-state index contributed by atoms with van der Waals surface area (Å²) in [5.41, 5.74) is 1.68. The van der Waals surface area contributed by atoms with Crippen molar-refractivity contribution in [2.24, 2.45) is 0 Å². The van der Waals surface area contributed by atoms with E-state index >= 15 is 0 Å². The molecular weight excluding hydrogens is 378 g/mol. The van der Waals surface area contributed by atoms with E-state index in [2.05, 4.69) is 5.10 Å². The number of carbonyl (C=O) groups is 1. The van der Waals surface area contributed by atoms with Crippen molar-refractivity contribution in [3.63, 3.8) is 0 Å². The van der Waals surface area contributed by atoms with Crippen molar-refractivity contribution in [2.75, 3.05) is 13.1 Å². The topological polar surface area (TPSA) is 60.5 Å². The third kappa shape index (κ3) is 3.57. The molecule has 1 aromatic carbocycles. The van der Waals surface area contributed by atoms with Crippen LogP contribution < -0.4 is 0 Å². The Hall–Kier alpha value is -2.57. The number of nitrogens with zero attached hydrogens (tertiary/aromatic N) is 3. The molecule has 3 heterocycles. The molecule has 2 atom stereocenters. The standard InChI is InChI=1S/C21H22ClN3O3/c1-13-8-9-20(28-13)17-10-19(21(26)24-11-14(2)27-15(3)12-24)25(23-17)18-7-5-4-6-16(18)22/h4-10,14-15H,11-12H2,1-3H3/t14-,15-/m1/s1. The second kappa shape index (κ2) is 7.45. The van der Waals surface area contributed by atoms with E-state index in [1.807, 2.05) is 51.1 Å². The van der Waals surface area contributed by atoms with Crippen molar-refractivity contribution in [3.8, 4) is 17.1 Å². The summed E-state index contributed by atoms with van der Waals surface area (Å²) in [6.45, 7) is 6.88. The number of benzene rings is 1. The van der Waals surface area contributed by atoms with Crippen LogP contribution in [0, 0.1) is 6.92 Å². The van der Waals surface area contributed by atoms with Crippen LogP contribution in [0.1, 0.15) is 30.1 Å². The minimum Gasteiger partial charge on any atom is -0.460 e. The lowest BCUT2D eigenvalue weighted by Gasteiger charge is -2.35. The first-order valence-corrected chi connectivity index (χ1v) is 9.66. The fraction of sp³-hybridized carbons (Fsp3) is 0.333. The summed E-state index contributed by atoms with van der Waals surface area (Å²) in [6, 6.07) is 12.8. The summed E-state index contributed by atoms with van der Waals surface area (Å²) in [5.74, 6) is 1.29. The summed E-state index contributed by atoms with van der Waals surface area (Å²) in [5, 5.41) is 5.16. The molecule has 0 N–H and O–H groups in total. The second-order valence-electron chi connectivity index (χ2n) is 7.16. The van der Waals surface area contributed by atoms with Gasteiger partial charge in [-0.1, -0.05) is 23.7 Å². The summed E-state index contributed by atoms with van der Waals surface area (Å²) < 4.78 is 13.1. The second-order valence-corrected chi connectivity index (χ2v) is 7.56. The lowest BCUT2D eigenvalue weighted by molar-refractivity contribution is -0.0588. The van der Waals surface area contributed by atoms with Crippen molar-refractivity contribution >= 4 is 17.5 Å². The van der Waals surface area contributed by atoms with E-state index in [4.69, 9.17) is 20.8 Å². The smallest absolute Gasteiger partial charge is 0.272 e. The molecule has 1 aliphatic heterocycles. The molecule has 0 bridgehead atoms. The number of ether oxygens (including phenoxy) is 1. The zero-order chi connectivity index (χ0) is 19.8. The summed E-state index contributed by atoms with van der Waals surface area (Å²) in [4.78, 5) is 15.2. The Morgan fingerprint density at radius 2 is 1.86 bits per heavy atom. The van der Waals surface area contributed by atoms with E-state index in [-0.39, 0.29) is 18.1 Å². The Labute approximate surface area is 168 Å². The fourth-order valence-electron chi connectivity index (χ4n) is 3.54. The average molecular weight is 400 g/mol. The van der Waals surface area contributed by atoms with Crippen molar-refractivity contribution in [1.82, 2.24) is 14.7 Å². The van der Waals surface area contributed by atoms with Crippen molar-refractivity contribution in [3.05, 3.63) is 58.9 Å². The molecule has 0 saturated carbocycles. The first-order valence-electron chi connectivity index (χ1n) is 9.29. The molecule has 0 radical (unpaired) electrons. The molecule has 1 fully saturated rings. The number of furan rings is 1. The van der Waals surface area contributed by atoms with Crippen LogP contribution in [0.3, 0.4) is 0 Å². The highest BCUT2D eigenvalue weighted by molar-refractivity contribution is 6.32. The predicted molar refractivity (Wildman–Crippen MR) is 107 cm³/mol. The van der Waals surface area contributed by atoms with Crippen LogP contribution in [0.2, 0.25) is 5.02 Å². The molecule has 1 amide bonds. The lowest BCUT2D eigenvalue weighted by atomic mass is 10.2. The van der Waals surface area contributed by atoms with E-state index in [0.29, 0.717) is 40.9 Å². The highest BCUT2D eigenvalue weighted by Gasteiger charge is 2.30. The highest BCUT2D eigenvalue weighted by Crippen LogP contribution is 2.28. The molecule has 6 nitrogen and oxygen atoms in total. The first kappa shape index (κ1) is 18.8. The number of para-hydroxylation sites is 1. The van der Waals surface area contributed by atoms with E-state index in [1.54, 1.807) is 21.7 Å². The molecule has 4 rings (SSSR count). The molecule has 28 heavy (non-hydrogen) atoms. The predicted octanol–water partition coefficient (Wildman–Crippen LogP) is 4.34. The third-order valence-corrected chi connectivity index (χ3v) is 5.03. The molecule has 1 aliphatic rings. The maximum atomic E-state index is 13.4. The number of amides is 1. The molecule has 2 aromatic heterocycles. The quantitative estimate of drug-likeness (QED) is 0.657. The Morgan fingerprint density at radius 3 is 2.50 bits per heavy atom. The van der Waals surface area contributed by atoms with Crippen LogP contribution in [0.15, 0.2) is 46.9 Å². The zero-order valence-electron chi connectivity index (χ0n) is 16.1. The van der Waals surface area contributed by atoms with Crippen molar-refractivity contribution in [2.45, 2.75) is 33.0 Å². The Balaban J connectivity index is 1.79. The van der Waals surface area contributed by atoms with Gasteiger partial charge in [-0.3, -0.25) is 4.79 Å². The lowest BCUT2D eigenvalue weighted by Crippen LogP contribution is -2.48. The van der Waals surface area contributed by atoms with Gasteiger partial charge in [-0.2, -0.15) is 5.10 Å². The molecule has 3 aromatic rings. The van der Waals surface area contributed by atoms with Crippen LogP contribution in [0.4, 0.5) is 0 Å². The summed E-state index contributed by atoms with van der Waals surface area (Å²) >= 11 is 6.40. The number of rotatable bonds is 3. The van der Waals surface area contributed by atoms with Gasteiger partial charge in [-0.05, 0) is 45.0 Å². The zero-order valence-corrected chi connectivity index (χ0v) is 16.8. The van der Waals surface area contributed by atoms with E-state index in [9.17, 15) is 4.79 Å². The first-order chi connectivity index (χ1) is 13.4. The van der Waals surface area contributed by atoms with E-state index in [0.717, 1.165) is 5.76 Å². The van der Waals surface area contributed by atoms with Gasteiger partial charge in [0, 0.05) is 19.2 Å². The Morgan fingerprint density at radius 1 is 1.14 bits per heavy atom. The molecule has 0 aliphatic carbocycles. The maximum absolute atomic E-state index is 13.4.